The normalized spacial score (nSPS) is 15.6. The number of fused-ring (bicyclic) bond motifs is 20. The molecule has 3 aromatic carbocycles. The summed E-state index contributed by atoms with van der Waals surface area (Å²) in [5, 5.41) is 22.9. The molecule has 10 nitrogen and oxygen atoms in total. The van der Waals surface area contributed by atoms with Crippen molar-refractivity contribution < 1.29 is 27.2 Å². The smallest absolute Gasteiger partial charge is 0.270 e. The Morgan fingerprint density at radius 3 is 1.13 bits per heavy atom. The molecule has 2 unspecified atom stereocenters. The summed E-state index contributed by atoms with van der Waals surface area (Å²) in [6.45, 7) is 31.3. The highest BCUT2D eigenvalue weighted by atomic mass is 32.1. The number of carbonyl (C=O) groups excluding carboxylic acids is 2. The van der Waals surface area contributed by atoms with Crippen molar-refractivity contribution in [3.05, 3.63) is 136 Å². The molecule has 2 aliphatic carbocycles. The maximum absolute atomic E-state index is 15.2. The van der Waals surface area contributed by atoms with Crippen LogP contribution in [0.4, 0.5) is 17.6 Å². The molecule has 0 saturated carbocycles. The number of rotatable bonds is 34. The quantitative estimate of drug-likeness (QED) is 0.0130. The van der Waals surface area contributed by atoms with Crippen LogP contribution in [0.25, 0.3) is 124 Å². The maximum atomic E-state index is 15.2. The van der Waals surface area contributed by atoms with Crippen LogP contribution in [-0.2, 0) is 25.9 Å². The van der Waals surface area contributed by atoms with Gasteiger partial charge in [-0.3, -0.25) is 9.59 Å². The molecule has 0 radical (unpaired) electrons. The lowest BCUT2D eigenvalue weighted by molar-refractivity contribution is 0.103. The van der Waals surface area contributed by atoms with E-state index in [1.807, 2.05) is 34.8 Å². The van der Waals surface area contributed by atoms with Crippen molar-refractivity contribution in [3.8, 4) is 12.1 Å². The Kier molecular flexibility index (Phi) is 23.6. The number of thiophene rings is 6. The van der Waals surface area contributed by atoms with Crippen LogP contribution in [0.1, 0.15) is 261 Å². The summed E-state index contributed by atoms with van der Waals surface area (Å²) in [6.07, 6.45) is 34.2. The number of nitriles is 2. The predicted molar refractivity (Wildman–Crippen MR) is 445 cm³/mol. The van der Waals surface area contributed by atoms with Crippen LogP contribution in [0.5, 0.6) is 0 Å². The van der Waals surface area contributed by atoms with Crippen LogP contribution in [0.15, 0.2) is 46.8 Å². The Bertz CT molecular complexity index is 5450. The van der Waals surface area contributed by atoms with Gasteiger partial charge < -0.3 is 9.13 Å². The van der Waals surface area contributed by atoms with E-state index in [0.717, 1.165) is 233 Å². The lowest BCUT2D eigenvalue weighted by Crippen LogP contribution is -2.13. The number of nitrogens with zero attached hydrogens (tertiary/aromatic N) is 8. The van der Waals surface area contributed by atoms with Gasteiger partial charge in [0.2, 0.25) is 0 Å². The first-order chi connectivity index (χ1) is 52.2. The predicted octanol–water partition coefficient (Wildman–Crippen LogP) is 28.9. The third-order valence-electron chi connectivity index (χ3n) is 22.3. The number of ketones is 2. The van der Waals surface area contributed by atoms with Crippen molar-refractivity contribution in [3.63, 3.8) is 0 Å². The summed E-state index contributed by atoms with van der Waals surface area (Å²) in [7, 11) is 0. The van der Waals surface area contributed by atoms with Gasteiger partial charge in [0, 0.05) is 67.0 Å². The molecule has 0 N–H and O–H groups in total. The fraction of sp³-hybridized carbons (Fsp3) is 0.442. The van der Waals surface area contributed by atoms with Crippen LogP contribution in [0.2, 0.25) is 0 Å². The molecule has 0 amide bonds. The molecule has 0 aliphatic heterocycles. The minimum Gasteiger partial charge on any atom is -0.337 e. The molecule has 2 aliphatic rings. The SMILES string of the molecule is [C-]#[N+]/C(C#N)=C1\C(=C\c2sc3c(sc4c3sc3c5c6nsnc6c6c7sc8c9sc(/C=C%10\C(=O)c%11cc(F)c(F)cc%11\C%10=C(\C#N)[N+]#[C-])c(CCCCCCCCCCC)c9sc8c7n(CC(CC)CCCC)c6c5n(CC(CC)CCCC)c43)c2CCCCCCCCCCC)C(=O)c2cc(F)c(F)cc21. The summed E-state index contributed by atoms with van der Waals surface area (Å²) < 4.78 is 87.9. The Morgan fingerprint density at radius 2 is 0.785 bits per heavy atom. The summed E-state index contributed by atoms with van der Waals surface area (Å²) in [5.74, 6) is -5.04. The monoisotopic (exact) mass is 1560 g/mol. The lowest BCUT2D eigenvalue weighted by atomic mass is 9.99. The first-order valence-electron chi connectivity index (χ1n) is 38.7. The van der Waals surface area contributed by atoms with Crippen molar-refractivity contribution in [1.29, 1.82) is 10.5 Å². The van der Waals surface area contributed by atoms with Gasteiger partial charge >= 0.3 is 0 Å². The second-order valence-corrected chi connectivity index (χ2v) is 35.9. The molecule has 12 aromatic rings. The van der Waals surface area contributed by atoms with Gasteiger partial charge in [-0.2, -0.15) is 8.75 Å². The van der Waals surface area contributed by atoms with Crippen LogP contribution >= 0.6 is 79.7 Å². The zero-order chi connectivity index (χ0) is 74.9. The first-order valence-corrected chi connectivity index (χ1v) is 44.3. The number of hydrogen-bond acceptors (Lipinski definition) is 13. The van der Waals surface area contributed by atoms with Gasteiger partial charge in [-0.25, -0.2) is 37.8 Å². The minimum absolute atomic E-state index is 0.0322. The molecule has 0 spiro atoms. The van der Waals surface area contributed by atoms with Crippen LogP contribution < -0.4 is 0 Å². The Hall–Kier alpha value is -7.70. The average molecular weight is 1560 g/mol. The van der Waals surface area contributed by atoms with Gasteiger partial charge in [0.1, 0.15) is 11.0 Å². The summed E-state index contributed by atoms with van der Waals surface area (Å²) in [6, 6.07) is 7.61. The Balaban J connectivity index is 0.998. The molecule has 9 heterocycles. The lowest BCUT2D eigenvalue weighted by Gasteiger charge is -2.20. The van der Waals surface area contributed by atoms with Crippen molar-refractivity contribution in [2.24, 2.45) is 11.8 Å². The van der Waals surface area contributed by atoms with Crippen LogP contribution in [-0.4, -0.2) is 29.4 Å². The van der Waals surface area contributed by atoms with Gasteiger partial charge in [-0.1, -0.05) is 183 Å². The van der Waals surface area contributed by atoms with E-state index in [1.165, 1.54) is 107 Å². The standard InChI is InChI=1S/C86H86F4N8O2S7/c1-9-15-19-21-23-25-27-29-31-35-49-63(41-55-65(61(43-91)93-7)51-37-57(87)59(89)39-53(51)75(55)99)101-83-77(49)103-81-73-79(105-85(81)83)67-69-70(96-107-95-69)68-72(71(67)97(73)45-47(13-5)33-17-11-3)98(46-48(14-6)34-18-12-4)74-80(68)106-86-82(74)104-78-50(36-32-30-28-26-24-22-20-16-10-2)64(102-84(78)86)42-56-66(62(44-92)94-8)52-38-58(88)60(90)40-54(52)76(56)100/h37-42,47-48H,9-36,45-46H2,1-6H3/b55-41-,56-42-,65-61-,66-62+. The summed E-state index contributed by atoms with van der Waals surface area (Å²) in [5.41, 5.74) is 8.18. The number of unbranched alkanes of at least 4 members (excludes halogenated alkanes) is 18. The highest BCUT2D eigenvalue weighted by Crippen LogP contribution is 2.59. The molecule has 14 rings (SSSR count). The third-order valence-corrected chi connectivity index (χ3v) is 31.0. The topological polar surface area (TPSA) is 126 Å². The van der Waals surface area contributed by atoms with E-state index in [4.69, 9.17) is 21.9 Å². The molecule has 21 heteroatoms. The molecule has 0 bridgehead atoms. The molecule has 2 atom stereocenters. The second kappa shape index (κ2) is 33.2. The van der Waals surface area contributed by atoms with E-state index < -0.39 is 34.8 Å². The Morgan fingerprint density at radius 1 is 0.449 bits per heavy atom. The highest BCUT2D eigenvalue weighted by Gasteiger charge is 2.39. The van der Waals surface area contributed by atoms with E-state index in [1.54, 1.807) is 57.5 Å². The number of Topliss-reactive ketones (excluding diaryl/α,β-unsaturated/α-hetero) is 2. The van der Waals surface area contributed by atoms with Crippen molar-refractivity contribution >= 4 is 205 Å². The number of benzene rings is 3. The molecule has 0 saturated heterocycles. The highest BCUT2D eigenvalue weighted by molar-refractivity contribution is 7.43. The number of allylic oxidation sites excluding steroid dienone is 6. The van der Waals surface area contributed by atoms with Crippen LogP contribution in [0.3, 0.4) is 0 Å². The molecule has 107 heavy (non-hydrogen) atoms. The zero-order valence-corrected chi connectivity index (χ0v) is 67.3. The fourth-order valence-electron chi connectivity index (χ4n) is 16.6. The second-order valence-electron chi connectivity index (χ2n) is 29.2. The third kappa shape index (κ3) is 13.9. The van der Waals surface area contributed by atoms with Gasteiger partial charge in [0.15, 0.2) is 34.8 Å². The maximum Gasteiger partial charge on any atom is 0.270 e. The summed E-state index contributed by atoms with van der Waals surface area (Å²) in [4.78, 5) is 38.0. The van der Waals surface area contributed by atoms with Crippen molar-refractivity contribution in [2.75, 3.05) is 0 Å². The largest absolute Gasteiger partial charge is 0.337 e. The van der Waals surface area contributed by atoms with E-state index >= 15 is 17.6 Å². The van der Waals surface area contributed by atoms with Crippen LogP contribution in [0, 0.1) is 70.9 Å². The molecule has 0 fully saturated rings. The minimum atomic E-state index is -1.17. The molecular weight excluding hydrogens is 1480 g/mol. The van der Waals surface area contributed by atoms with Gasteiger partial charge in [0.05, 0.1) is 106 Å². The molecule has 9 aromatic heterocycles. The average Bonchev–Trinajstić information content (AvgIpc) is 1.48. The van der Waals surface area contributed by atoms with Gasteiger partial charge in [-0.15, -0.1) is 68.0 Å². The first kappa shape index (κ1) is 76.1. The van der Waals surface area contributed by atoms with Gasteiger partial charge in [-0.05, 0) is 109 Å². The zero-order valence-electron chi connectivity index (χ0n) is 61.6. The van der Waals surface area contributed by atoms with E-state index in [2.05, 4.69) is 60.4 Å². The van der Waals surface area contributed by atoms with Crippen molar-refractivity contribution in [2.45, 2.75) is 234 Å². The fourth-order valence-corrected chi connectivity index (χ4v) is 26.3. The molecule has 552 valence electrons. The summed E-state index contributed by atoms with van der Waals surface area (Å²) >= 11 is 11.7. The van der Waals surface area contributed by atoms with Crippen molar-refractivity contribution in [1.82, 2.24) is 17.9 Å². The Labute approximate surface area is 650 Å². The number of aryl methyl sites for hydroxylation is 2. The van der Waals surface area contributed by atoms with E-state index in [0.29, 0.717) is 11.8 Å². The van der Waals surface area contributed by atoms with Gasteiger partial charge in [0.25, 0.3) is 11.4 Å². The number of hydrogen-bond donors (Lipinski definition) is 0. The number of carbonyl (C=O) groups is 2. The van der Waals surface area contributed by atoms with E-state index in [9.17, 15) is 20.1 Å². The number of aromatic nitrogens is 4. The van der Waals surface area contributed by atoms with E-state index in [-0.39, 0.29) is 55.9 Å². The molecular formula is C86H86F4N8O2S7. The number of halogens is 4.